The minimum absolute atomic E-state index is 0.0951. The Hall–Kier alpha value is -2.76. The summed E-state index contributed by atoms with van der Waals surface area (Å²) in [6.07, 6.45) is 3.86. The van der Waals surface area contributed by atoms with Crippen molar-refractivity contribution in [1.82, 2.24) is 9.99 Å². The van der Waals surface area contributed by atoms with Crippen LogP contribution in [0.1, 0.15) is 54.4 Å². The number of carbonyl (C=O) groups excluding carboxylic acids is 2. The van der Waals surface area contributed by atoms with Gasteiger partial charge in [0.2, 0.25) is 0 Å². The van der Waals surface area contributed by atoms with Crippen molar-refractivity contribution in [2.45, 2.75) is 58.6 Å². The first-order chi connectivity index (χ1) is 12.9. The quantitative estimate of drug-likeness (QED) is 0.820. The molecule has 1 aromatic carbocycles. The van der Waals surface area contributed by atoms with Gasteiger partial charge in [-0.15, -0.1) is 0 Å². The second-order valence-corrected chi connectivity index (χ2v) is 7.17. The topological polar surface area (TPSA) is 72.4 Å². The van der Waals surface area contributed by atoms with Crippen molar-refractivity contribution in [1.29, 1.82) is 0 Å². The molecule has 2 N–H and O–H groups in total. The highest BCUT2D eigenvalue weighted by molar-refractivity contribution is 6.00. The number of aryl methyl sites for hydroxylation is 2. The molecule has 0 radical (unpaired) electrons. The number of benzene rings is 1. The summed E-state index contributed by atoms with van der Waals surface area (Å²) >= 11 is 0. The largest absolute Gasteiger partial charge is 0.481 e. The van der Waals surface area contributed by atoms with E-state index in [1.54, 1.807) is 35.9 Å². The Labute approximate surface area is 159 Å². The molecule has 1 saturated carbocycles. The summed E-state index contributed by atoms with van der Waals surface area (Å²) in [4.78, 5) is 24.6. The molecule has 1 aliphatic rings. The van der Waals surface area contributed by atoms with E-state index < -0.39 is 6.10 Å². The van der Waals surface area contributed by atoms with Crippen molar-refractivity contribution in [3.63, 3.8) is 0 Å². The molecule has 2 aromatic rings. The lowest BCUT2D eigenvalue weighted by atomic mass is 10.2. The Morgan fingerprint density at radius 1 is 1.04 bits per heavy atom. The fourth-order valence-corrected chi connectivity index (χ4v) is 3.34. The Morgan fingerprint density at radius 3 is 2.22 bits per heavy atom. The zero-order valence-electron chi connectivity index (χ0n) is 16.1. The third kappa shape index (κ3) is 4.70. The molecule has 144 valence electrons. The standard InChI is InChI=1S/C21H27N3O3/c1-14-8-9-15(2)24(14)23-21(26)17-10-12-19(13-11-17)27-16(3)20(25)22-18-6-4-5-7-18/h8-13,16,18H,4-7H2,1-3H3,(H,22,25)(H,23,26)/t16-/m0/s1. The highest BCUT2D eigenvalue weighted by Gasteiger charge is 2.21. The van der Waals surface area contributed by atoms with E-state index in [0.29, 0.717) is 11.3 Å². The molecule has 6 nitrogen and oxygen atoms in total. The number of aromatic nitrogens is 1. The zero-order chi connectivity index (χ0) is 19.4. The van der Waals surface area contributed by atoms with Crippen molar-refractivity contribution >= 4 is 11.8 Å². The van der Waals surface area contributed by atoms with Gasteiger partial charge < -0.3 is 10.1 Å². The number of carbonyl (C=O) groups is 2. The van der Waals surface area contributed by atoms with Gasteiger partial charge in [0.25, 0.3) is 11.8 Å². The Morgan fingerprint density at radius 2 is 1.63 bits per heavy atom. The number of nitrogens with zero attached hydrogens (tertiary/aromatic N) is 1. The van der Waals surface area contributed by atoms with E-state index >= 15 is 0 Å². The first kappa shape index (κ1) is 19.0. The van der Waals surface area contributed by atoms with Crippen LogP contribution < -0.4 is 15.5 Å². The molecule has 1 aliphatic carbocycles. The smallest absolute Gasteiger partial charge is 0.270 e. The van der Waals surface area contributed by atoms with Crippen LogP contribution in [0.25, 0.3) is 0 Å². The molecule has 0 spiro atoms. The molecule has 0 saturated heterocycles. The first-order valence-corrected chi connectivity index (χ1v) is 9.47. The van der Waals surface area contributed by atoms with Crippen LogP contribution in [0, 0.1) is 13.8 Å². The van der Waals surface area contributed by atoms with E-state index in [2.05, 4.69) is 10.7 Å². The molecule has 1 fully saturated rings. The van der Waals surface area contributed by atoms with Crippen molar-refractivity contribution in [2.75, 3.05) is 5.43 Å². The van der Waals surface area contributed by atoms with E-state index in [0.717, 1.165) is 24.2 Å². The zero-order valence-corrected chi connectivity index (χ0v) is 16.1. The first-order valence-electron chi connectivity index (χ1n) is 9.47. The van der Waals surface area contributed by atoms with Crippen molar-refractivity contribution in [2.24, 2.45) is 0 Å². The van der Waals surface area contributed by atoms with Crippen molar-refractivity contribution < 1.29 is 14.3 Å². The average Bonchev–Trinajstić information content (AvgIpc) is 3.27. The van der Waals surface area contributed by atoms with Gasteiger partial charge in [0.05, 0.1) is 0 Å². The summed E-state index contributed by atoms with van der Waals surface area (Å²) in [5.41, 5.74) is 5.31. The van der Waals surface area contributed by atoms with Crippen LogP contribution in [0.5, 0.6) is 5.75 Å². The number of nitrogens with one attached hydrogen (secondary N) is 2. The monoisotopic (exact) mass is 369 g/mol. The van der Waals surface area contributed by atoms with Crippen molar-refractivity contribution in [3.05, 3.63) is 53.3 Å². The van der Waals surface area contributed by atoms with Crippen LogP contribution in [0.3, 0.4) is 0 Å². The summed E-state index contributed by atoms with van der Waals surface area (Å²) in [5.74, 6) is 0.271. The van der Waals surface area contributed by atoms with Crippen LogP contribution in [-0.2, 0) is 4.79 Å². The van der Waals surface area contributed by atoms with E-state index in [4.69, 9.17) is 4.74 Å². The Balaban J connectivity index is 1.56. The van der Waals surface area contributed by atoms with Crippen LogP contribution in [0.4, 0.5) is 0 Å². The third-order valence-corrected chi connectivity index (χ3v) is 4.98. The lowest BCUT2D eigenvalue weighted by Crippen LogP contribution is -2.41. The number of ether oxygens (including phenoxy) is 1. The van der Waals surface area contributed by atoms with Crippen LogP contribution in [0.15, 0.2) is 36.4 Å². The molecule has 2 amide bonds. The third-order valence-electron chi connectivity index (χ3n) is 4.98. The second-order valence-electron chi connectivity index (χ2n) is 7.17. The van der Waals surface area contributed by atoms with Gasteiger partial charge in [0, 0.05) is 23.0 Å². The number of rotatable bonds is 6. The van der Waals surface area contributed by atoms with Crippen LogP contribution in [0.2, 0.25) is 0 Å². The molecule has 6 heteroatoms. The molecular formula is C21H27N3O3. The highest BCUT2D eigenvalue weighted by atomic mass is 16.5. The van der Waals surface area contributed by atoms with E-state index in [9.17, 15) is 9.59 Å². The van der Waals surface area contributed by atoms with E-state index in [1.165, 1.54) is 12.8 Å². The normalized spacial score (nSPS) is 15.4. The van der Waals surface area contributed by atoms with Crippen molar-refractivity contribution in [3.8, 4) is 5.75 Å². The maximum absolute atomic E-state index is 12.4. The van der Waals surface area contributed by atoms with E-state index in [1.807, 2.05) is 26.0 Å². The molecule has 0 aliphatic heterocycles. The van der Waals surface area contributed by atoms with Crippen LogP contribution in [-0.4, -0.2) is 28.6 Å². The van der Waals surface area contributed by atoms with Gasteiger partial charge in [0.1, 0.15) is 5.75 Å². The minimum atomic E-state index is -0.574. The second kappa shape index (κ2) is 8.29. The molecule has 1 atom stereocenters. The molecule has 1 aromatic heterocycles. The highest BCUT2D eigenvalue weighted by Crippen LogP contribution is 2.19. The molecule has 3 rings (SSSR count). The summed E-state index contributed by atoms with van der Waals surface area (Å²) in [6, 6.07) is 11.0. The summed E-state index contributed by atoms with van der Waals surface area (Å²) in [6.45, 7) is 5.60. The average molecular weight is 369 g/mol. The SMILES string of the molecule is Cc1ccc(C)n1NC(=O)c1ccc(O[C@@H](C)C(=O)NC2CCCC2)cc1. The van der Waals surface area contributed by atoms with Gasteiger partial charge in [-0.1, -0.05) is 12.8 Å². The molecule has 27 heavy (non-hydrogen) atoms. The Kier molecular flexibility index (Phi) is 5.84. The fraction of sp³-hybridized carbons (Fsp3) is 0.429. The van der Waals surface area contributed by atoms with Gasteiger partial charge in [-0.3, -0.25) is 19.7 Å². The predicted octanol–water partition coefficient (Wildman–Crippen LogP) is 3.31. The number of hydrogen-bond donors (Lipinski definition) is 2. The van der Waals surface area contributed by atoms with Gasteiger partial charge in [-0.05, 0) is 70.0 Å². The fourth-order valence-electron chi connectivity index (χ4n) is 3.34. The maximum atomic E-state index is 12.4. The molecular weight excluding hydrogens is 342 g/mol. The Bertz CT molecular complexity index is 785. The molecule has 1 heterocycles. The number of hydrogen-bond acceptors (Lipinski definition) is 3. The summed E-state index contributed by atoms with van der Waals surface area (Å²) in [5, 5.41) is 3.03. The van der Waals surface area contributed by atoms with Crippen LogP contribution >= 0.6 is 0 Å². The van der Waals surface area contributed by atoms with E-state index in [-0.39, 0.29) is 17.9 Å². The van der Waals surface area contributed by atoms with Gasteiger partial charge in [-0.25, -0.2) is 0 Å². The van der Waals surface area contributed by atoms with Gasteiger partial charge >= 0.3 is 0 Å². The molecule has 0 unspecified atom stereocenters. The summed E-state index contributed by atoms with van der Waals surface area (Å²) < 4.78 is 7.47. The lowest BCUT2D eigenvalue weighted by Gasteiger charge is -2.18. The lowest BCUT2D eigenvalue weighted by molar-refractivity contribution is -0.127. The summed E-state index contributed by atoms with van der Waals surface area (Å²) in [7, 11) is 0. The molecule has 0 bridgehead atoms. The minimum Gasteiger partial charge on any atom is -0.481 e. The predicted molar refractivity (Wildman–Crippen MR) is 105 cm³/mol. The van der Waals surface area contributed by atoms with Gasteiger partial charge in [-0.2, -0.15) is 0 Å². The van der Waals surface area contributed by atoms with Gasteiger partial charge in [0.15, 0.2) is 6.10 Å². The maximum Gasteiger partial charge on any atom is 0.270 e. The number of amides is 2.